The zero-order chi connectivity index (χ0) is 9.68. The molecule has 0 aromatic heterocycles. The molecule has 0 aliphatic rings. The van der Waals surface area contributed by atoms with Crippen LogP contribution < -0.4 is 0 Å². The summed E-state index contributed by atoms with van der Waals surface area (Å²) in [7, 11) is 0. The second-order valence-corrected chi connectivity index (χ2v) is 2.78. The molecule has 1 rings (SSSR count). The zero-order valence-electron chi connectivity index (χ0n) is 7.66. The first-order valence-corrected chi connectivity index (χ1v) is 4.13. The second kappa shape index (κ2) is 4.41. The van der Waals surface area contributed by atoms with Gasteiger partial charge >= 0.3 is 0 Å². The molecular formula is C12H12O. The van der Waals surface area contributed by atoms with E-state index >= 15 is 0 Å². The van der Waals surface area contributed by atoms with E-state index in [9.17, 15) is 4.79 Å². The summed E-state index contributed by atoms with van der Waals surface area (Å²) in [5.41, 5.74) is 2.55. The standard InChI is InChI=1S/C12H12O/c1-3-10(2)12(9-13)11-7-5-4-6-8-11/h3-9H,1H2,2H3/b12-10+. The van der Waals surface area contributed by atoms with Crippen LogP contribution in [0.4, 0.5) is 0 Å². The van der Waals surface area contributed by atoms with Crippen molar-refractivity contribution < 1.29 is 4.79 Å². The Kier molecular flexibility index (Phi) is 3.21. The van der Waals surface area contributed by atoms with Crippen molar-refractivity contribution in [3.63, 3.8) is 0 Å². The van der Waals surface area contributed by atoms with E-state index < -0.39 is 0 Å². The van der Waals surface area contributed by atoms with Crippen molar-refractivity contribution >= 4 is 11.9 Å². The predicted octanol–water partition coefficient (Wildman–Crippen LogP) is 2.85. The third kappa shape index (κ3) is 2.15. The first-order chi connectivity index (χ1) is 6.29. The number of rotatable bonds is 3. The molecule has 13 heavy (non-hydrogen) atoms. The van der Waals surface area contributed by atoms with Crippen LogP contribution in [-0.4, -0.2) is 6.29 Å². The fourth-order valence-electron chi connectivity index (χ4n) is 1.12. The average Bonchev–Trinajstić information content (AvgIpc) is 2.20. The molecular weight excluding hydrogens is 160 g/mol. The topological polar surface area (TPSA) is 17.1 Å². The SMILES string of the molecule is C=C/C(C)=C(\C=O)c1ccccc1. The molecule has 0 saturated carbocycles. The van der Waals surface area contributed by atoms with Gasteiger partial charge in [-0.2, -0.15) is 0 Å². The van der Waals surface area contributed by atoms with Gasteiger partial charge in [-0.25, -0.2) is 0 Å². The maximum atomic E-state index is 10.8. The van der Waals surface area contributed by atoms with Crippen molar-refractivity contribution in [3.8, 4) is 0 Å². The van der Waals surface area contributed by atoms with E-state index in [0.717, 1.165) is 17.4 Å². The van der Waals surface area contributed by atoms with Gasteiger partial charge in [0.1, 0.15) is 0 Å². The van der Waals surface area contributed by atoms with E-state index in [1.165, 1.54) is 0 Å². The van der Waals surface area contributed by atoms with Crippen LogP contribution in [0.3, 0.4) is 0 Å². The van der Waals surface area contributed by atoms with E-state index in [4.69, 9.17) is 0 Å². The van der Waals surface area contributed by atoms with Crippen LogP contribution in [0.5, 0.6) is 0 Å². The molecule has 66 valence electrons. The van der Waals surface area contributed by atoms with E-state index in [0.29, 0.717) is 5.57 Å². The minimum Gasteiger partial charge on any atom is -0.298 e. The Hall–Kier alpha value is -1.63. The summed E-state index contributed by atoms with van der Waals surface area (Å²) in [6, 6.07) is 9.58. The number of carbonyl (C=O) groups is 1. The highest BCUT2D eigenvalue weighted by Gasteiger charge is 2.00. The summed E-state index contributed by atoms with van der Waals surface area (Å²) >= 11 is 0. The van der Waals surface area contributed by atoms with Gasteiger partial charge in [-0.05, 0) is 18.1 Å². The van der Waals surface area contributed by atoms with Crippen LogP contribution in [0, 0.1) is 0 Å². The van der Waals surface area contributed by atoms with E-state index in [1.54, 1.807) is 6.08 Å². The zero-order valence-corrected chi connectivity index (χ0v) is 7.66. The summed E-state index contributed by atoms with van der Waals surface area (Å²) in [6.07, 6.45) is 2.56. The lowest BCUT2D eigenvalue weighted by molar-refractivity contribution is -0.103. The van der Waals surface area contributed by atoms with Crippen molar-refractivity contribution in [2.45, 2.75) is 6.92 Å². The van der Waals surface area contributed by atoms with Crippen molar-refractivity contribution in [3.05, 3.63) is 54.1 Å². The second-order valence-electron chi connectivity index (χ2n) is 2.78. The molecule has 0 aliphatic heterocycles. The van der Waals surface area contributed by atoms with Crippen molar-refractivity contribution in [2.75, 3.05) is 0 Å². The predicted molar refractivity (Wildman–Crippen MR) is 55.3 cm³/mol. The Morgan fingerprint density at radius 1 is 1.31 bits per heavy atom. The number of aldehydes is 1. The van der Waals surface area contributed by atoms with E-state index in [1.807, 2.05) is 37.3 Å². The van der Waals surface area contributed by atoms with Crippen LogP contribution in [0.15, 0.2) is 48.6 Å². The number of allylic oxidation sites excluding steroid dienone is 3. The molecule has 1 aromatic rings. The molecule has 0 N–H and O–H groups in total. The normalized spacial score (nSPS) is 11.8. The van der Waals surface area contributed by atoms with Gasteiger partial charge in [0, 0.05) is 5.57 Å². The molecule has 0 unspecified atom stereocenters. The van der Waals surface area contributed by atoms with Gasteiger partial charge in [0.05, 0.1) is 0 Å². The Bertz CT molecular complexity index is 333. The third-order valence-electron chi connectivity index (χ3n) is 1.93. The summed E-state index contributed by atoms with van der Waals surface area (Å²) in [4.78, 5) is 10.8. The molecule has 0 spiro atoms. The molecule has 1 nitrogen and oxygen atoms in total. The highest BCUT2D eigenvalue weighted by Crippen LogP contribution is 2.16. The summed E-state index contributed by atoms with van der Waals surface area (Å²) in [5.74, 6) is 0. The number of hydrogen-bond donors (Lipinski definition) is 0. The highest BCUT2D eigenvalue weighted by atomic mass is 16.1. The van der Waals surface area contributed by atoms with Gasteiger partial charge in [-0.3, -0.25) is 4.79 Å². The van der Waals surface area contributed by atoms with Crippen molar-refractivity contribution in [1.29, 1.82) is 0 Å². The average molecular weight is 172 g/mol. The van der Waals surface area contributed by atoms with Gasteiger partial charge < -0.3 is 0 Å². The van der Waals surface area contributed by atoms with Crippen LogP contribution in [0.2, 0.25) is 0 Å². The Morgan fingerprint density at radius 2 is 1.92 bits per heavy atom. The Morgan fingerprint density at radius 3 is 2.38 bits per heavy atom. The number of hydrogen-bond acceptors (Lipinski definition) is 1. The fraction of sp³-hybridized carbons (Fsp3) is 0.0833. The molecule has 0 fully saturated rings. The largest absolute Gasteiger partial charge is 0.298 e. The van der Waals surface area contributed by atoms with Crippen LogP contribution in [0.1, 0.15) is 12.5 Å². The first-order valence-electron chi connectivity index (χ1n) is 4.13. The molecule has 0 bridgehead atoms. The number of benzene rings is 1. The summed E-state index contributed by atoms with van der Waals surface area (Å²) in [5, 5.41) is 0. The minimum atomic E-state index is 0.704. The van der Waals surface area contributed by atoms with E-state index in [2.05, 4.69) is 6.58 Å². The van der Waals surface area contributed by atoms with Gasteiger partial charge in [0.2, 0.25) is 0 Å². The Labute approximate surface area is 78.4 Å². The lowest BCUT2D eigenvalue weighted by Crippen LogP contribution is -1.88. The van der Waals surface area contributed by atoms with Crippen molar-refractivity contribution in [1.82, 2.24) is 0 Å². The molecule has 0 aliphatic carbocycles. The van der Waals surface area contributed by atoms with Gasteiger partial charge in [-0.15, -0.1) is 0 Å². The summed E-state index contributed by atoms with van der Waals surface area (Å²) in [6.45, 7) is 5.52. The van der Waals surface area contributed by atoms with Crippen LogP contribution in [0.25, 0.3) is 5.57 Å². The van der Waals surface area contributed by atoms with Crippen molar-refractivity contribution in [2.24, 2.45) is 0 Å². The smallest absolute Gasteiger partial charge is 0.150 e. The lowest BCUT2D eigenvalue weighted by atomic mass is 10.0. The van der Waals surface area contributed by atoms with Crippen LogP contribution in [-0.2, 0) is 4.79 Å². The maximum absolute atomic E-state index is 10.8. The lowest BCUT2D eigenvalue weighted by Gasteiger charge is -2.01. The number of carbonyl (C=O) groups excluding carboxylic acids is 1. The molecule has 0 saturated heterocycles. The monoisotopic (exact) mass is 172 g/mol. The summed E-state index contributed by atoms with van der Waals surface area (Å²) < 4.78 is 0. The molecule has 0 amide bonds. The van der Waals surface area contributed by atoms with Gasteiger partial charge in [0.25, 0.3) is 0 Å². The maximum Gasteiger partial charge on any atom is 0.150 e. The quantitative estimate of drug-likeness (QED) is 0.389. The molecule has 0 radical (unpaired) electrons. The molecule has 1 heteroatoms. The van der Waals surface area contributed by atoms with Gasteiger partial charge in [-0.1, -0.05) is 43.0 Å². The minimum absolute atomic E-state index is 0.704. The van der Waals surface area contributed by atoms with Crippen LogP contribution >= 0.6 is 0 Å². The van der Waals surface area contributed by atoms with Gasteiger partial charge in [0.15, 0.2) is 6.29 Å². The Balaban J connectivity index is 3.20. The highest BCUT2D eigenvalue weighted by molar-refractivity contribution is 6.08. The fourth-order valence-corrected chi connectivity index (χ4v) is 1.12. The first kappa shape index (κ1) is 9.46. The molecule has 1 aromatic carbocycles. The molecule has 0 heterocycles. The third-order valence-corrected chi connectivity index (χ3v) is 1.93. The van der Waals surface area contributed by atoms with E-state index in [-0.39, 0.29) is 0 Å². The molecule has 0 atom stereocenters.